The molecule has 0 radical (unpaired) electrons. The molecule has 1 N–H and O–H groups in total. The smallest absolute Gasteiger partial charge is 0.192 e. The molecular formula is C21H40O2Si. The van der Waals surface area contributed by atoms with Gasteiger partial charge in [0.05, 0.1) is 13.2 Å². The zero-order valence-electron chi connectivity index (χ0n) is 17.3. The van der Waals surface area contributed by atoms with Crippen LogP contribution < -0.4 is 0 Å². The minimum Gasteiger partial charge on any atom is -0.413 e. The molecule has 24 heavy (non-hydrogen) atoms. The lowest BCUT2D eigenvalue weighted by atomic mass is 9.49. The summed E-state index contributed by atoms with van der Waals surface area (Å²) in [7, 11) is -1.75. The van der Waals surface area contributed by atoms with Gasteiger partial charge in [0.25, 0.3) is 0 Å². The van der Waals surface area contributed by atoms with Crippen molar-refractivity contribution < 1.29 is 9.53 Å². The van der Waals surface area contributed by atoms with Crippen LogP contribution in [0.4, 0.5) is 0 Å². The van der Waals surface area contributed by atoms with Gasteiger partial charge >= 0.3 is 0 Å². The average Bonchev–Trinajstić information content (AvgIpc) is 2.42. The van der Waals surface area contributed by atoms with Gasteiger partial charge in [-0.25, -0.2) is 0 Å². The van der Waals surface area contributed by atoms with Gasteiger partial charge < -0.3 is 9.53 Å². The molecule has 0 bridgehead atoms. The van der Waals surface area contributed by atoms with Crippen LogP contribution in [-0.2, 0) is 4.43 Å². The second-order valence-corrected chi connectivity index (χ2v) is 15.5. The molecule has 0 unspecified atom stereocenters. The Morgan fingerprint density at radius 1 is 1.21 bits per heavy atom. The zero-order chi connectivity index (χ0) is 18.4. The predicted molar refractivity (Wildman–Crippen MR) is 106 cm³/mol. The molecule has 0 aliphatic heterocycles. The first-order valence-electron chi connectivity index (χ1n) is 9.79. The standard InChI is InChI=1S/C21H40O2Si/c1-19(2,3)24(7,8)23-15-16-10-11-18-20(4,5)12-9-13-21(18,6)17(16)14-22/h10,17-18,22H,9,11-15H2,1-8H3/t17-,18-,21+/m0/s1. The van der Waals surface area contributed by atoms with Crippen molar-refractivity contribution in [3.63, 3.8) is 0 Å². The van der Waals surface area contributed by atoms with Gasteiger partial charge in [-0.05, 0) is 59.7 Å². The van der Waals surface area contributed by atoms with E-state index in [9.17, 15) is 5.11 Å². The summed E-state index contributed by atoms with van der Waals surface area (Å²) in [6.07, 6.45) is 7.40. The molecule has 2 nitrogen and oxygen atoms in total. The van der Waals surface area contributed by atoms with Crippen LogP contribution >= 0.6 is 0 Å². The summed E-state index contributed by atoms with van der Waals surface area (Å²) in [6, 6.07) is 0. The molecule has 2 rings (SSSR count). The van der Waals surface area contributed by atoms with E-state index < -0.39 is 8.32 Å². The summed E-state index contributed by atoms with van der Waals surface area (Å²) in [5.74, 6) is 0.938. The van der Waals surface area contributed by atoms with Crippen molar-refractivity contribution in [1.29, 1.82) is 0 Å². The van der Waals surface area contributed by atoms with Gasteiger partial charge in [0.2, 0.25) is 0 Å². The second kappa shape index (κ2) is 6.55. The molecule has 3 atom stereocenters. The second-order valence-electron chi connectivity index (χ2n) is 10.7. The van der Waals surface area contributed by atoms with Crippen LogP contribution in [0.3, 0.4) is 0 Å². The number of rotatable bonds is 4. The number of aliphatic hydroxyl groups is 1. The SMILES string of the molecule is CC1(C)CCC[C@]2(C)[C@@H](CO)C(CO[Si](C)(C)C(C)(C)C)=CC[C@@H]12. The maximum Gasteiger partial charge on any atom is 0.192 e. The van der Waals surface area contributed by atoms with Crippen LogP contribution in [0.1, 0.15) is 67.2 Å². The minimum absolute atomic E-state index is 0.220. The van der Waals surface area contributed by atoms with Gasteiger partial charge in [0, 0.05) is 5.92 Å². The number of hydrogen-bond donors (Lipinski definition) is 1. The lowest BCUT2D eigenvalue weighted by molar-refractivity contribution is -0.0537. The van der Waals surface area contributed by atoms with E-state index in [0.717, 1.165) is 6.42 Å². The monoisotopic (exact) mass is 352 g/mol. The molecule has 0 aromatic carbocycles. The van der Waals surface area contributed by atoms with E-state index >= 15 is 0 Å². The van der Waals surface area contributed by atoms with Crippen LogP contribution in [-0.4, -0.2) is 26.6 Å². The molecule has 0 amide bonds. The van der Waals surface area contributed by atoms with E-state index in [1.807, 2.05) is 0 Å². The van der Waals surface area contributed by atoms with Crippen molar-refractivity contribution in [2.75, 3.05) is 13.2 Å². The highest BCUT2D eigenvalue weighted by Crippen LogP contribution is 2.59. The molecule has 3 heteroatoms. The Hall–Kier alpha value is -0.123. The van der Waals surface area contributed by atoms with Gasteiger partial charge in [-0.3, -0.25) is 0 Å². The van der Waals surface area contributed by atoms with E-state index in [0.29, 0.717) is 17.9 Å². The maximum atomic E-state index is 10.2. The van der Waals surface area contributed by atoms with Crippen LogP contribution in [0, 0.1) is 22.7 Å². The molecule has 0 aromatic heterocycles. The summed E-state index contributed by atoms with van der Waals surface area (Å²) < 4.78 is 6.50. The Labute approximate surface area is 151 Å². The van der Waals surface area contributed by atoms with E-state index in [1.54, 1.807) is 0 Å². The largest absolute Gasteiger partial charge is 0.413 e. The average molecular weight is 353 g/mol. The highest BCUT2D eigenvalue weighted by Gasteiger charge is 2.52. The van der Waals surface area contributed by atoms with Crippen molar-refractivity contribution in [2.45, 2.75) is 85.4 Å². The highest BCUT2D eigenvalue weighted by molar-refractivity contribution is 6.74. The summed E-state index contributed by atoms with van der Waals surface area (Å²) >= 11 is 0. The number of fused-ring (bicyclic) bond motifs is 1. The van der Waals surface area contributed by atoms with Gasteiger partial charge in [-0.1, -0.05) is 54.0 Å². The fourth-order valence-electron chi connectivity index (χ4n) is 4.97. The molecule has 140 valence electrons. The minimum atomic E-state index is -1.75. The van der Waals surface area contributed by atoms with Gasteiger partial charge in [-0.2, -0.15) is 0 Å². The van der Waals surface area contributed by atoms with E-state index in [2.05, 4.69) is 60.7 Å². The lowest BCUT2D eigenvalue weighted by Gasteiger charge is -2.56. The van der Waals surface area contributed by atoms with Crippen molar-refractivity contribution >= 4 is 8.32 Å². The number of aliphatic hydroxyl groups excluding tert-OH is 1. The highest BCUT2D eigenvalue weighted by atomic mass is 28.4. The van der Waals surface area contributed by atoms with Crippen LogP contribution in [0.15, 0.2) is 11.6 Å². The van der Waals surface area contributed by atoms with Crippen LogP contribution in [0.2, 0.25) is 18.1 Å². The van der Waals surface area contributed by atoms with Gasteiger partial charge in [0.1, 0.15) is 0 Å². The van der Waals surface area contributed by atoms with E-state index in [1.165, 1.54) is 24.8 Å². The van der Waals surface area contributed by atoms with Crippen molar-refractivity contribution in [2.24, 2.45) is 22.7 Å². The molecule has 0 spiro atoms. The van der Waals surface area contributed by atoms with Gasteiger partial charge in [-0.15, -0.1) is 0 Å². The first-order chi connectivity index (χ1) is 10.9. The maximum absolute atomic E-state index is 10.2. The zero-order valence-corrected chi connectivity index (χ0v) is 18.3. The molecule has 2 aliphatic rings. The Morgan fingerprint density at radius 3 is 2.38 bits per heavy atom. The fourth-order valence-corrected chi connectivity index (χ4v) is 5.93. The number of hydrogen-bond acceptors (Lipinski definition) is 2. The molecule has 1 fully saturated rings. The molecule has 0 saturated heterocycles. The topological polar surface area (TPSA) is 29.5 Å². The summed E-state index contributed by atoms with van der Waals surface area (Å²) in [6.45, 7) is 19.8. The van der Waals surface area contributed by atoms with Crippen molar-refractivity contribution in [1.82, 2.24) is 0 Å². The van der Waals surface area contributed by atoms with E-state index in [4.69, 9.17) is 4.43 Å². The van der Waals surface area contributed by atoms with Gasteiger partial charge in [0.15, 0.2) is 8.32 Å². The third-order valence-electron chi connectivity index (χ3n) is 7.72. The van der Waals surface area contributed by atoms with Crippen molar-refractivity contribution in [3.05, 3.63) is 11.6 Å². The number of allylic oxidation sites excluding steroid dienone is 1. The summed E-state index contributed by atoms with van der Waals surface area (Å²) in [5.41, 5.74) is 1.96. The molecule has 0 heterocycles. The quantitative estimate of drug-likeness (QED) is 0.513. The molecular weight excluding hydrogens is 312 g/mol. The third-order valence-corrected chi connectivity index (χ3v) is 12.2. The first-order valence-corrected chi connectivity index (χ1v) is 12.7. The fraction of sp³-hybridized carbons (Fsp3) is 0.905. The third kappa shape index (κ3) is 3.54. The lowest BCUT2D eigenvalue weighted by Crippen LogP contribution is -2.50. The Kier molecular flexibility index (Phi) is 5.51. The Morgan fingerprint density at radius 2 is 1.83 bits per heavy atom. The van der Waals surface area contributed by atoms with Crippen LogP contribution in [0.25, 0.3) is 0 Å². The Balaban J connectivity index is 2.22. The van der Waals surface area contributed by atoms with E-state index in [-0.39, 0.29) is 23.0 Å². The summed E-state index contributed by atoms with van der Waals surface area (Å²) in [5, 5.41) is 10.5. The normalized spacial score (nSPS) is 33.8. The molecule has 0 aromatic rings. The van der Waals surface area contributed by atoms with Crippen molar-refractivity contribution in [3.8, 4) is 0 Å². The molecule has 1 saturated carbocycles. The summed E-state index contributed by atoms with van der Waals surface area (Å²) in [4.78, 5) is 0. The Bertz CT molecular complexity index is 487. The van der Waals surface area contributed by atoms with Crippen LogP contribution in [0.5, 0.6) is 0 Å². The molecule has 2 aliphatic carbocycles. The predicted octanol–water partition coefficient (Wildman–Crippen LogP) is 5.78. The first kappa shape index (κ1) is 20.2.